The van der Waals surface area contributed by atoms with Crippen LogP contribution in [0.5, 0.6) is 0 Å². The van der Waals surface area contributed by atoms with Gasteiger partial charge in [-0.25, -0.2) is 0 Å². The summed E-state index contributed by atoms with van der Waals surface area (Å²) in [6.45, 7) is 2.06. The van der Waals surface area contributed by atoms with E-state index >= 15 is 0 Å². The fourth-order valence-corrected chi connectivity index (χ4v) is 2.20. The molecule has 5 nitrogen and oxygen atoms in total. The molecular formula is C14H18ClN3O2. The Bertz CT molecular complexity index is 541. The van der Waals surface area contributed by atoms with Crippen LogP contribution in [0.4, 0.5) is 5.69 Å². The Morgan fingerprint density at radius 2 is 2.05 bits per heavy atom. The highest BCUT2D eigenvalue weighted by Gasteiger charge is 2.22. The second-order valence-corrected chi connectivity index (χ2v) is 5.36. The zero-order valence-corrected chi connectivity index (χ0v) is 12.3. The lowest BCUT2D eigenvalue weighted by Gasteiger charge is -2.14. The van der Waals surface area contributed by atoms with Crippen LogP contribution in [0.2, 0.25) is 5.02 Å². The molecule has 2 rings (SSSR count). The smallest absolute Gasteiger partial charge is 0.253 e. The highest BCUT2D eigenvalue weighted by atomic mass is 35.5. The molecule has 0 bridgehead atoms. The number of rotatable bonds is 5. The van der Waals surface area contributed by atoms with Gasteiger partial charge in [0.2, 0.25) is 5.91 Å². The summed E-state index contributed by atoms with van der Waals surface area (Å²) in [5.74, 6) is -0.437. The maximum atomic E-state index is 11.9. The molecule has 108 valence electrons. The van der Waals surface area contributed by atoms with Gasteiger partial charge in [-0.1, -0.05) is 11.6 Å². The van der Waals surface area contributed by atoms with Crippen molar-refractivity contribution in [1.29, 1.82) is 0 Å². The summed E-state index contributed by atoms with van der Waals surface area (Å²) in [5, 5.41) is 8.93. The fraction of sp³-hybridized carbons (Fsp3) is 0.429. The molecule has 1 aliphatic rings. The van der Waals surface area contributed by atoms with Crippen molar-refractivity contribution >= 4 is 29.1 Å². The molecule has 0 aromatic heterocycles. The monoisotopic (exact) mass is 295 g/mol. The Balaban J connectivity index is 2.15. The molecule has 1 aromatic rings. The molecule has 2 amide bonds. The van der Waals surface area contributed by atoms with Gasteiger partial charge in [0.1, 0.15) is 0 Å². The van der Waals surface area contributed by atoms with Crippen LogP contribution >= 0.6 is 11.6 Å². The summed E-state index contributed by atoms with van der Waals surface area (Å²) in [4.78, 5) is 23.8. The molecule has 0 unspecified atom stereocenters. The first-order chi connectivity index (χ1) is 9.51. The van der Waals surface area contributed by atoms with E-state index < -0.39 is 0 Å². The quantitative estimate of drug-likeness (QED) is 0.774. The van der Waals surface area contributed by atoms with Crippen LogP contribution in [0.3, 0.4) is 0 Å². The topological polar surface area (TPSA) is 70.2 Å². The van der Waals surface area contributed by atoms with Gasteiger partial charge in [-0.05, 0) is 37.5 Å². The lowest BCUT2D eigenvalue weighted by Crippen LogP contribution is -2.30. The van der Waals surface area contributed by atoms with Crippen molar-refractivity contribution in [3.8, 4) is 0 Å². The van der Waals surface area contributed by atoms with Crippen molar-refractivity contribution in [2.24, 2.45) is 0 Å². The number of aryl methyl sites for hydroxylation is 1. The van der Waals surface area contributed by atoms with Gasteiger partial charge in [-0.15, -0.1) is 0 Å². The maximum absolute atomic E-state index is 11.9. The molecule has 0 atom stereocenters. The maximum Gasteiger partial charge on any atom is 0.253 e. The molecule has 1 saturated carbocycles. The van der Waals surface area contributed by atoms with Gasteiger partial charge in [-0.3, -0.25) is 9.59 Å². The van der Waals surface area contributed by atoms with Crippen LogP contribution in [0, 0.1) is 6.92 Å². The van der Waals surface area contributed by atoms with Crippen LogP contribution in [0.15, 0.2) is 12.1 Å². The van der Waals surface area contributed by atoms with E-state index in [-0.39, 0.29) is 18.4 Å². The Kier molecular flexibility index (Phi) is 4.62. The molecule has 6 heteroatoms. The van der Waals surface area contributed by atoms with E-state index in [2.05, 4.69) is 16.0 Å². The molecule has 1 fully saturated rings. The standard InChI is InChI=1S/C14H18ClN3O2/c1-8-5-9(15)6-11(14(20)16-2)13(8)18-12(19)7-17-10-3-4-10/h5-6,10,17H,3-4,7H2,1-2H3,(H,16,20)(H,18,19). The first kappa shape index (κ1) is 14.8. The number of anilines is 1. The van der Waals surface area contributed by atoms with Crippen LogP contribution in [0.25, 0.3) is 0 Å². The molecule has 1 aromatic carbocycles. The normalized spacial score (nSPS) is 13.9. The van der Waals surface area contributed by atoms with Gasteiger partial charge in [0.15, 0.2) is 0 Å². The lowest BCUT2D eigenvalue weighted by molar-refractivity contribution is -0.115. The summed E-state index contributed by atoms with van der Waals surface area (Å²) in [6.07, 6.45) is 2.24. The second kappa shape index (κ2) is 6.24. The highest BCUT2D eigenvalue weighted by Crippen LogP contribution is 2.25. The van der Waals surface area contributed by atoms with Crippen molar-refractivity contribution in [3.63, 3.8) is 0 Å². The fourth-order valence-electron chi connectivity index (χ4n) is 1.93. The van der Waals surface area contributed by atoms with Crippen LogP contribution < -0.4 is 16.0 Å². The predicted octanol–water partition coefficient (Wildman–Crippen LogP) is 1.70. The molecule has 20 heavy (non-hydrogen) atoms. The zero-order chi connectivity index (χ0) is 14.7. The van der Waals surface area contributed by atoms with Crippen molar-refractivity contribution in [2.45, 2.75) is 25.8 Å². The van der Waals surface area contributed by atoms with Gasteiger partial charge in [0, 0.05) is 18.1 Å². The Hall–Kier alpha value is -1.59. The van der Waals surface area contributed by atoms with Crippen LogP contribution in [0.1, 0.15) is 28.8 Å². The summed E-state index contributed by atoms with van der Waals surface area (Å²) in [5.41, 5.74) is 1.64. The molecule has 0 saturated heterocycles. The minimum absolute atomic E-state index is 0.160. The zero-order valence-electron chi connectivity index (χ0n) is 11.5. The first-order valence-corrected chi connectivity index (χ1v) is 6.94. The molecule has 0 aliphatic heterocycles. The van der Waals surface area contributed by atoms with Crippen molar-refractivity contribution in [2.75, 3.05) is 18.9 Å². The molecule has 1 aliphatic carbocycles. The summed E-state index contributed by atoms with van der Waals surface area (Å²) < 4.78 is 0. The van der Waals surface area contributed by atoms with Gasteiger partial charge in [0.05, 0.1) is 17.8 Å². The van der Waals surface area contributed by atoms with Gasteiger partial charge in [-0.2, -0.15) is 0 Å². The Labute approximate surface area is 123 Å². The molecule has 0 heterocycles. The first-order valence-electron chi connectivity index (χ1n) is 6.56. The minimum atomic E-state index is -0.277. The Morgan fingerprint density at radius 1 is 1.35 bits per heavy atom. The number of amides is 2. The van der Waals surface area contributed by atoms with Crippen LogP contribution in [-0.2, 0) is 4.79 Å². The summed E-state index contributed by atoms with van der Waals surface area (Å²) in [6, 6.07) is 3.74. The van der Waals surface area contributed by atoms with E-state index in [1.54, 1.807) is 19.2 Å². The number of hydrogen-bond donors (Lipinski definition) is 3. The number of carbonyl (C=O) groups excluding carboxylic acids is 2. The van der Waals surface area contributed by atoms with E-state index in [4.69, 9.17) is 11.6 Å². The van der Waals surface area contributed by atoms with Gasteiger partial charge in [0.25, 0.3) is 5.91 Å². The third-order valence-electron chi connectivity index (χ3n) is 3.17. The molecule has 3 N–H and O–H groups in total. The SMILES string of the molecule is CNC(=O)c1cc(Cl)cc(C)c1NC(=O)CNC1CC1. The molecular weight excluding hydrogens is 278 g/mol. The highest BCUT2D eigenvalue weighted by molar-refractivity contribution is 6.31. The van der Waals surface area contributed by atoms with Gasteiger partial charge >= 0.3 is 0 Å². The number of hydrogen-bond acceptors (Lipinski definition) is 3. The average molecular weight is 296 g/mol. The number of nitrogens with one attached hydrogen (secondary N) is 3. The van der Waals surface area contributed by atoms with Crippen molar-refractivity contribution in [1.82, 2.24) is 10.6 Å². The van der Waals surface area contributed by atoms with E-state index in [0.717, 1.165) is 18.4 Å². The number of halogens is 1. The number of benzene rings is 1. The van der Waals surface area contributed by atoms with Gasteiger partial charge < -0.3 is 16.0 Å². The average Bonchev–Trinajstić information content (AvgIpc) is 3.22. The van der Waals surface area contributed by atoms with Crippen LogP contribution in [-0.4, -0.2) is 31.4 Å². The lowest BCUT2D eigenvalue weighted by atomic mass is 10.1. The third-order valence-corrected chi connectivity index (χ3v) is 3.38. The molecule has 0 spiro atoms. The molecule has 0 radical (unpaired) electrons. The van der Waals surface area contributed by atoms with E-state index in [1.165, 1.54) is 0 Å². The van der Waals surface area contributed by atoms with E-state index in [1.807, 2.05) is 6.92 Å². The minimum Gasteiger partial charge on any atom is -0.355 e. The largest absolute Gasteiger partial charge is 0.355 e. The predicted molar refractivity (Wildman–Crippen MR) is 79.2 cm³/mol. The van der Waals surface area contributed by atoms with E-state index in [9.17, 15) is 9.59 Å². The second-order valence-electron chi connectivity index (χ2n) is 4.93. The third kappa shape index (κ3) is 3.71. The summed E-state index contributed by atoms with van der Waals surface area (Å²) >= 11 is 5.97. The number of carbonyl (C=O) groups is 2. The Morgan fingerprint density at radius 3 is 2.65 bits per heavy atom. The summed E-state index contributed by atoms with van der Waals surface area (Å²) in [7, 11) is 1.54. The van der Waals surface area contributed by atoms with Crippen molar-refractivity contribution < 1.29 is 9.59 Å². The van der Waals surface area contributed by atoms with Crippen molar-refractivity contribution in [3.05, 3.63) is 28.3 Å². The van der Waals surface area contributed by atoms with E-state index in [0.29, 0.717) is 22.3 Å².